The van der Waals surface area contributed by atoms with Crippen LogP contribution in [0.25, 0.3) is 11.0 Å². The first-order chi connectivity index (χ1) is 12.8. The van der Waals surface area contributed by atoms with Crippen molar-refractivity contribution in [3.63, 3.8) is 0 Å². The van der Waals surface area contributed by atoms with Gasteiger partial charge in [-0.1, -0.05) is 5.21 Å². The first-order valence-electron chi connectivity index (χ1n) is 8.45. The molecular weight excluding hydrogens is 372 g/mol. The van der Waals surface area contributed by atoms with Gasteiger partial charge in [0.15, 0.2) is 0 Å². The molecule has 0 aliphatic heterocycles. The van der Waals surface area contributed by atoms with E-state index in [9.17, 15) is 13.2 Å². The third-order valence-corrected chi connectivity index (χ3v) is 5.75. The van der Waals surface area contributed by atoms with Gasteiger partial charge in [0, 0.05) is 27.2 Å². The average molecular weight is 398 g/mol. The number of carbonyl (C=O) groups is 1. The van der Waals surface area contributed by atoms with Crippen LogP contribution in [-0.2, 0) is 26.1 Å². The van der Waals surface area contributed by atoms with Gasteiger partial charge in [-0.25, -0.2) is 13.1 Å². The first kappa shape index (κ1) is 21.2. The number of hydrogen-bond donors (Lipinski definition) is 1. The highest BCUT2D eigenvalue weighted by molar-refractivity contribution is 7.89. The number of aromatic nitrogens is 3. The summed E-state index contributed by atoms with van der Waals surface area (Å²) >= 11 is 0. The van der Waals surface area contributed by atoms with Crippen LogP contribution in [0.4, 0.5) is 0 Å². The Morgan fingerprint density at radius 1 is 1.30 bits per heavy atom. The molecule has 0 spiro atoms. The minimum Gasteiger partial charge on any atom is -0.383 e. The predicted molar refractivity (Wildman–Crippen MR) is 101 cm³/mol. The second kappa shape index (κ2) is 9.22. The molecule has 150 valence electrons. The number of nitrogens with one attached hydrogen (secondary N) is 1. The normalized spacial score (nSPS) is 12.2. The molecule has 1 heterocycles. The largest absolute Gasteiger partial charge is 0.383 e. The van der Waals surface area contributed by atoms with E-state index in [1.165, 1.54) is 19.2 Å². The van der Waals surface area contributed by atoms with Crippen LogP contribution < -0.4 is 5.32 Å². The fraction of sp³-hybridized carbons (Fsp3) is 0.562. The van der Waals surface area contributed by atoms with Gasteiger partial charge in [0.25, 0.3) is 0 Å². The van der Waals surface area contributed by atoms with Gasteiger partial charge in [0.05, 0.1) is 30.1 Å². The quantitative estimate of drug-likeness (QED) is 0.568. The summed E-state index contributed by atoms with van der Waals surface area (Å²) in [4.78, 5) is 13.9. The summed E-state index contributed by atoms with van der Waals surface area (Å²) in [6.07, 6.45) is 0. The number of hydrogen-bond acceptors (Lipinski definition) is 7. The third kappa shape index (κ3) is 5.45. The summed E-state index contributed by atoms with van der Waals surface area (Å²) < 4.78 is 33.2. The molecule has 2 rings (SSSR count). The van der Waals surface area contributed by atoms with E-state index in [0.29, 0.717) is 31.8 Å². The van der Waals surface area contributed by atoms with E-state index in [1.807, 2.05) is 19.0 Å². The molecule has 27 heavy (non-hydrogen) atoms. The zero-order chi connectivity index (χ0) is 20.0. The molecular formula is C16H26N6O4S. The topological polar surface area (TPSA) is 110 Å². The highest BCUT2D eigenvalue weighted by Gasteiger charge is 2.24. The maximum atomic E-state index is 12.7. The highest BCUT2D eigenvalue weighted by Crippen LogP contribution is 2.19. The van der Waals surface area contributed by atoms with Gasteiger partial charge >= 0.3 is 0 Å². The standard InChI is InChI=1S/C16H26N6O4S/c1-20(2)8-7-17-16(23)12-21(3)27(24,25)13-5-6-15-14(11-13)18-19-22(15)9-10-26-4/h5-6,11H,7-10,12H2,1-4H3,(H,17,23). The van der Waals surface area contributed by atoms with E-state index < -0.39 is 10.0 Å². The van der Waals surface area contributed by atoms with Crippen molar-refractivity contribution in [3.05, 3.63) is 18.2 Å². The molecule has 0 aliphatic rings. The van der Waals surface area contributed by atoms with E-state index in [0.717, 1.165) is 9.82 Å². The predicted octanol–water partition coefficient (Wildman–Crippen LogP) is -0.624. The van der Waals surface area contributed by atoms with Crippen molar-refractivity contribution in [3.8, 4) is 0 Å². The van der Waals surface area contributed by atoms with Crippen molar-refractivity contribution in [1.82, 2.24) is 29.5 Å². The SMILES string of the molecule is COCCn1nnc2cc(S(=O)(=O)N(C)CC(=O)NCCN(C)C)ccc21. The lowest BCUT2D eigenvalue weighted by atomic mass is 10.3. The third-order valence-electron chi connectivity index (χ3n) is 3.95. The molecule has 0 fully saturated rings. The zero-order valence-electron chi connectivity index (χ0n) is 16.0. The Labute approximate surface area is 159 Å². The van der Waals surface area contributed by atoms with Crippen molar-refractivity contribution in [2.75, 3.05) is 54.5 Å². The molecule has 0 unspecified atom stereocenters. The van der Waals surface area contributed by atoms with E-state index in [2.05, 4.69) is 15.6 Å². The molecule has 0 saturated carbocycles. The number of likely N-dealkylation sites (N-methyl/N-ethyl adjacent to an activating group) is 2. The fourth-order valence-electron chi connectivity index (χ4n) is 2.40. The van der Waals surface area contributed by atoms with E-state index in [-0.39, 0.29) is 17.3 Å². The Balaban J connectivity index is 2.09. The number of fused-ring (bicyclic) bond motifs is 1. The van der Waals surface area contributed by atoms with Crippen LogP contribution in [0.5, 0.6) is 0 Å². The molecule has 0 radical (unpaired) electrons. The average Bonchev–Trinajstić information content (AvgIpc) is 3.01. The molecule has 1 N–H and O–H groups in total. The van der Waals surface area contributed by atoms with Crippen LogP contribution in [-0.4, -0.2) is 93.0 Å². The molecule has 0 aliphatic carbocycles. The fourth-order valence-corrected chi connectivity index (χ4v) is 3.54. The van der Waals surface area contributed by atoms with Gasteiger partial charge in [0.2, 0.25) is 15.9 Å². The highest BCUT2D eigenvalue weighted by atomic mass is 32.2. The summed E-state index contributed by atoms with van der Waals surface area (Å²) in [5, 5.41) is 10.7. The Bertz CT molecular complexity index is 880. The van der Waals surface area contributed by atoms with Crippen molar-refractivity contribution < 1.29 is 17.9 Å². The van der Waals surface area contributed by atoms with Crippen molar-refractivity contribution in [1.29, 1.82) is 0 Å². The molecule has 1 amide bonds. The summed E-state index contributed by atoms with van der Waals surface area (Å²) in [5.41, 5.74) is 1.19. The van der Waals surface area contributed by atoms with Gasteiger partial charge in [0.1, 0.15) is 5.52 Å². The number of ether oxygens (including phenoxy) is 1. The lowest BCUT2D eigenvalue weighted by Crippen LogP contribution is -2.40. The van der Waals surface area contributed by atoms with Gasteiger partial charge in [-0.3, -0.25) is 4.79 Å². The van der Waals surface area contributed by atoms with Crippen LogP contribution in [0.1, 0.15) is 0 Å². The minimum atomic E-state index is -3.81. The van der Waals surface area contributed by atoms with E-state index in [1.54, 1.807) is 17.9 Å². The number of rotatable bonds is 10. The second-order valence-corrected chi connectivity index (χ2v) is 8.42. The summed E-state index contributed by atoms with van der Waals surface area (Å²) in [7, 11) is 2.94. The van der Waals surface area contributed by atoms with Crippen molar-refractivity contribution in [2.24, 2.45) is 0 Å². The monoisotopic (exact) mass is 398 g/mol. The zero-order valence-corrected chi connectivity index (χ0v) is 16.9. The molecule has 0 bridgehead atoms. The van der Waals surface area contributed by atoms with E-state index >= 15 is 0 Å². The summed E-state index contributed by atoms with van der Waals surface area (Å²) in [6, 6.07) is 4.61. The lowest BCUT2D eigenvalue weighted by Gasteiger charge is -2.17. The van der Waals surface area contributed by atoms with Gasteiger partial charge in [-0.15, -0.1) is 5.10 Å². The summed E-state index contributed by atoms with van der Waals surface area (Å²) in [5.74, 6) is -0.352. The number of methoxy groups -OCH3 is 1. The number of carbonyl (C=O) groups excluding carboxylic acids is 1. The molecule has 11 heteroatoms. The van der Waals surface area contributed by atoms with E-state index in [4.69, 9.17) is 4.74 Å². The van der Waals surface area contributed by atoms with Gasteiger partial charge in [-0.2, -0.15) is 4.31 Å². The Morgan fingerprint density at radius 2 is 2.04 bits per heavy atom. The van der Waals surface area contributed by atoms with Crippen molar-refractivity contribution >= 4 is 27.0 Å². The van der Waals surface area contributed by atoms with Crippen LogP contribution in [0.15, 0.2) is 23.1 Å². The number of sulfonamides is 1. The molecule has 0 atom stereocenters. The lowest BCUT2D eigenvalue weighted by molar-refractivity contribution is -0.121. The number of nitrogens with zero attached hydrogens (tertiary/aromatic N) is 5. The maximum Gasteiger partial charge on any atom is 0.243 e. The van der Waals surface area contributed by atoms with Crippen LogP contribution in [0, 0.1) is 0 Å². The Kier molecular flexibility index (Phi) is 7.25. The van der Waals surface area contributed by atoms with Crippen LogP contribution in [0.3, 0.4) is 0 Å². The molecule has 1 aromatic carbocycles. The maximum absolute atomic E-state index is 12.7. The van der Waals surface area contributed by atoms with Crippen LogP contribution in [0.2, 0.25) is 0 Å². The van der Waals surface area contributed by atoms with Crippen molar-refractivity contribution in [2.45, 2.75) is 11.4 Å². The minimum absolute atomic E-state index is 0.0670. The Morgan fingerprint density at radius 3 is 2.70 bits per heavy atom. The smallest absolute Gasteiger partial charge is 0.243 e. The molecule has 10 nitrogen and oxygen atoms in total. The molecule has 1 aromatic heterocycles. The van der Waals surface area contributed by atoms with Gasteiger partial charge in [-0.05, 0) is 32.3 Å². The van der Waals surface area contributed by atoms with Crippen LogP contribution >= 0.6 is 0 Å². The summed E-state index contributed by atoms with van der Waals surface area (Å²) in [6.45, 7) is 1.87. The molecule has 0 saturated heterocycles. The number of amides is 1. The number of benzene rings is 1. The Hall–Kier alpha value is -2.08. The first-order valence-corrected chi connectivity index (χ1v) is 9.89. The molecule has 2 aromatic rings. The van der Waals surface area contributed by atoms with Gasteiger partial charge < -0.3 is 15.0 Å². The second-order valence-electron chi connectivity index (χ2n) is 6.37.